The summed E-state index contributed by atoms with van der Waals surface area (Å²) in [5.74, 6) is 0.0902. The lowest BCUT2D eigenvalue weighted by Crippen LogP contribution is -2.48. The van der Waals surface area contributed by atoms with Gasteiger partial charge in [0, 0.05) is 25.2 Å². The Morgan fingerprint density at radius 3 is 2.65 bits per heavy atom. The molecule has 1 aromatic heterocycles. The Balaban J connectivity index is 1.82. The summed E-state index contributed by atoms with van der Waals surface area (Å²) in [7, 11) is 1.75. The van der Waals surface area contributed by atoms with E-state index >= 15 is 0 Å². The minimum atomic E-state index is -0.324. The summed E-state index contributed by atoms with van der Waals surface area (Å²) < 4.78 is 7.56. The number of halogens is 1. The van der Waals surface area contributed by atoms with Gasteiger partial charge in [-0.25, -0.2) is 0 Å². The van der Waals surface area contributed by atoms with E-state index in [1.54, 1.807) is 34.8 Å². The molecule has 1 aromatic carbocycles. The van der Waals surface area contributed by atoms with Crippen molar-refractivity contribution in [3.8, 4) is 5.75 Å². The van der Waals surface area contributed by atoms with Crippen molar-refractivity contribution >= 4 is 29.3 Å². The second-order valence-electron chi connectivity index (χ2n) is 10.3. The van der Waals surface area contributed by atoms with E-state index in [4.69, 9.17) is 16.3 Å². The van der Waals surface area contributed by atoms with Crippen LogP contribution in [-0.2, 0) is 18.3 Å². The van der Waals surface area contributed by atoms with Gasteiger partial charge in [0.2, 0.25) is 5.91 Å². The first kappa shape index (κ1) is 28.5. The molecule has 3 rings (SSSR count). The SMILES string of the molecule is CC(C)Cc1cc(C(=O)N2CCCCNC(=O)c3cc(Cl)ccc3OC[C@@H](C(C)C)NC(=O)C2)n(C)n1. The average molecular weight is 532 g/mol. The molecule has 0 spiro atoms. The molecule has 0 bridgehead atoms. The highest BCUT2D eigenvalue weighted by atomic mass is 35.5. The van der Waals surface area contributed by atoms with Crippen LogP contribution in [0.2, 0.25) is 5.02 Å². The highest BCUT2D eigenvalue weighted by Gasteiger charge is 2.25. The molecule has 1 aliphatic heterocycles. The Kier molecular flexibility index (Phi) is 9.97. The number of aryl methyl sites for hydroxylation is 1. The van der Waals surface area contributed by atoms with E-state index in [1.807, 2.05) is 19.9 Å². The maximum Gasteiger partial charge on any atom is 0.272 e. The molecule has 37 heavy (non-hydrogen) atoms. The number of nitrogens with zero attached hydrogens (tertiary/aromatic N) is 3. The highest BCUT2D eigenvalue weighted by Crippen LogP contribution is 2.24. The van der Waals surface area contributed by atoms with Crippen LogP contribution in [0.1, 0.15) is 67.1 Å². The number of nitrogens with one attached hydrogen (secondary N) is 2. The van der Waals surface area contributed by atoms with Crippen LogP contribution < -0.4 is 15.4 Å². The van der Waals surface area contributed by atoms with E-state index in [0.29, 0.717) is 53.9 Å². The monoisotopic (exact) mass is 531 g/mol. The van der Waals surface area contributed by atoms with Gasteiger partial charge < -0.3 is 20.3 Å². The smallest absolute Gasteiger partial charge is 0.272 e. The quantitative estimate of drug-likeness (QED) is 0.628. The summed E-state index contributed by atoms with van der Waals surface area (Å²) in [6.45, 7) is 9.04. The number of hydrogen-bond acceptors (Lipinski definition) is 5. The first-order valence-corrected chi connectivity index (χ1v) is 13.2. The van der Waals surface area contributed by atoms with Gasteiger partial charge in [0.25, 0.3) is 11.8 Å². The summed E-state index contributed by atoms with van der Waals surface area (Å²) in [5.41, 5.74) is 1.65. The molecule has 2 heterocycles. The van der Waals surface area contributed by atoms with Gasteiger partial charge in [-0.3, -0.25) is 19.1 Å². The standard InChI is InChI=1S/C27H38ClN5O4/c1-17(2)12-20-14-23(32(5)31-20)27(36)33-11-7-6-10-29-26(35)21-13-19(28)8-9-24(21)37-16-22(18(3)4)30-25(34)15-33/h8-9,13-14,17-18,22H,6-7,10-12,15-16H2,1-5H3,(H,29,35)(H,30,34)/t22-/m0/s1. The van der Waals surface area contributed by atoms with Crippen LogP contribution in [0.5, 0.6) is 5.75 Å². The molecular formula is C27H38ClN5O4. The zero-order valence-corrected chi connectivity index (χ0v) is 23.1. The molecule has 1 atom stereocenters. The van der Waals surface area contributed by atoms with Gasteiger partial charge in [0.15, 0.2) is 0 Å². The van der Waals surface area contributed by atoms with Crippen molar-refractivity contribution in [2.75, 3.05) is 26.2 Å². The summed E-state index contributed by atoms with van der Waals surface area (Å²) in [4.78, 5) is 41.0. The molecule has 202 valence electrons. The second-order valence-corrected chi connectivity index (χ2v) is 10.7. The van der Waals surface area contributed by atoms with Gasteiger partial charge in [-0.1, -0.05) is 39.3 Å². The normalized spacial score (nSPS) is 17.9. The van der Waals surface area contributed by atoms with Gasteiger partial charge in [-0.05, 0) is 55.4 Å². The molecule has 10 heteroatoms. The van der Waals surface area contributed by atoms with Gasteiger partial charge in [0.1, 0.15) is 18.1 Å². The van der Waals surface area contributed by atoms with Crippen molar-refractivity contribution in [1.29, 1.82) is 0 Å². The Morgan fingerprint density at radius 1 is 1.19 bits per heavy atom. The summed E-state index contributed by atoms with van der Waals surface area (Å²) in [5, 5.41) is 10.8. The van der Waals surface area contributed by atoms with Crippen molar-refractivity contribution in [1.82, 2.24) is 25.3 Å². The van der Waals surface area contributed by atoms with E-state index in [2.05, 4.69) is 29.6 Å². The van der Waals surface area contributed by atoms with Crippen LogP contribution in [0.15, 0.2) is 24.3 Å². The fourth-order valence-corrected chi connectivity index (χ4v) is 4.37. The van der Waals surface area contributed by atoms with Gasteiger partial charge in [0.05, 0.1) is 23.8 Å². The number of carbonyl (C=O) groups is 3. The van der Waals surface area contributed by atoms with Crippen LogP contribution in [0.3, 0.4) is 0 Å². The van der Waals surface area contributed by atoms with Crippen LogP contribution in [0.4, 0.5) is 0 Å². The molecule has 3 amide bonds. The molecule has 9 nitrogen and oxygen atoms in total. The van der Waals surface area contributed by atoms with E-state index in [1.165, 1.54) is 0 Å². The maximum atomic E-state index is 13.5. The zero-order chi connectivity index (χ0) is 27.1. The number of ether oxygens (including phenoxy) is 1. The number of carbonyl (C=O) groups excluding carboxylic acids is 3. The predicted molar refractivity (Wildman–Crippen MR) is 143 cm³/mol. The Hall–Kier alpha value is -3.07. The summed E-state index contributed by atoms with van der Waals surface area (Å²) >= 11 is 6.13. The number of fused-ring (bicyclic) bond motifs is 1. The van der Waals surface area contributed by atoms with Crippen LogP contribution >= 0.6 is 11.6 Å². The number of rotatable bonds is 4. The number of aromatic nitrogens is 2. The Morgan fingerprint density at radius 2 is 1.95 bits per heavy atom. The van der Waals surface area contributed by atoms with Gasteiger partial charge in [-0.15, -0.1) is 0 Å². The fraction of sp³-hybridized carbons (Fsp3) is 0.556. The molecule has 0 unspecified atom stereocenters. The first-order chi connectivity index (χ1) is 17.5. The minimum absolute atomic E-state index is 0.0593. The van der Waals surface area contributed by atoms with E-state index in [0.717, 1.165) is 12.1 Å². The van der Waals surface area contributed by atoms with E-state index < -0.39 is 0 Å². The second kappa shape index (κ2) is 12.9. The van der Waals surface area contributed by atoms with Crippen LogP contribution in [0.25, 0.3) is 0 Å². The minimum Gasteiger partial charge on any atom is -0.491 e. The Labute approximate surface area is 223 Å². The maximum absolute atomic E-state index is 13.5. The predicted octanol–water partition coefficient (Wildman–Crippen LogP) is 3.46. The highest BCUT2D eigenvalue weighted by molar-refractivity contribution is 6.31. The Bertz CT molecular complexity index is 1110. The fourth-order valence-electron chi connectivity index (χ4n) is 4.20. The van der Waals surface area contributed by atoms with E-state index in [9.17, 15) is 14.4 Å². The third-order valence-electron chi connectivity index (χ3n) is 6.28. The number of hydrogen-bond donors (Lipinski definition) is 2. The molecular weight excluding hydrogens is 494 g/mol. The molecule has 2 aromatic rings. The first-order valence-electron chi connectivity index (χ1n) is 12.9. The third-order valence-corrected chi connectivity index (χ3v) is 6.52. The van der Waals surface area contributed by atoms with E-state index in [-0.39, 0.29) is 42.8 Å². The molecule has 2 N–H and O–H groups in total. The zero-order valence-electron chi connectivity index (χ0n) is 22.3. The largest absolute Gasteiger partial charge is 0.491 e. The molecule has 1 aliphatic rings. The molecule has 0 saturated carbocycles. The van der Waals surface area contributed by atoms with Crippen molar-refractivity contribution in [2.45, 2.75) is 53.0 Å². The lowest BCUT2D eigenvalue weighted by atomic mass is 10.1. The van der Waals surface area contributed by atoms with Crippen molar-refractivity contribution in [3.05, 3.63) is 46.2 Å². The van der Waals surface area contributed by atoms with Gasteiger partial charge >= 0.3 is 0 Å². The molecule has 0 fully saturated rings. The lowest BCUT2D eigenvalue weighted by molar-refractivity contribution is -0.123. The van der Waals surface area contributed by atoms with Crippen molar-refractivity contribution in [3.63, 3.8) is 0 Å². The number of amides is 3. The topological polar surface area (TPSA) is 106 Å². The molecule has 0 aliphatic carbocycles. The molecule has 0 saturated heterocycles. The average Bonchev–Trinajstić information content (AvgIpc) is 3.18. The lowest BCUT2D eigenvalue weighted by Gasteiger charge is -2.26. The van der Waals surface area contributed by atoms with Crippen molar-refractivity contribution < 1.29 is 19.1 Å². The van der Waals surface area contributed by atoms with Gasteiger partial charge in [-0.2, -0.15) is 5.10 Å². The molecule has 0 radical (unpaired) electrons. The van der Waals surface area contributed by atoms with Crippen molar-refractivity contribution in [2.24, 2.45) is 18.9 Å². The third kappa shape index (κ3) is 7.95. The van der Waals surface area contributed by atoms with Crippen LogP contribution in [0, 0.1) is 11.8 Å². The summed E-state index contributed by atoms with van der Waals surface area (Å²) in [6, 6.07) is 6.39. The van der Waals surface area contributed by atoms with Crippen LogP contribution in [-0.4, -0.2) is 64.7 Å². The number of benzene rings is 1. The summed E-state index contributed by atoms with van der Waals surface area (Å²) in [6.07, 6.45) is 2.01.